The predicted octanol–water partition coefficient (Wildman–Crippen LogP) is 2.11. The lowest BCUT2D eigenvalue weighted by molar-refractivity contribution is -0.324. The Labute approximate surface area is 107 Å². The summed E-state index contributed by atoms with van der Waals surface area (Å²) in [5, 5.41) is 28.9. The number of hydrogen-bond donors (Lipinski definition) is 3. The summed E-state index contributed by atoms with van der Waals surface area (Å²) in [6.07, 6.45) is 1.96. The highest BCUT2D eigenvalue weighted by atomic mass is 35.5. The molecule has 0 heterocycles. The number of aliphatic hydroxyl groups is 3. The third-order valence-corrected chi connectivity index (χ3v) is 3.48. The van der Waals surface area contributed by atoms with E-state index in [1.54, 1.807) is 6.07 Å². The zero-order valence-corrected chi connectivity index (χ0v) is 11.2. The van der Waals surface area contributed by atoms with Gasteiger partial charge in [-0.15, -0.1) is 0 Å². The fourth-order valence-electron chi connectivity index (χ4n) is 2.14. The Morgan fingerprint density at radius 2 is 1.53 bits per heavy atom. The van der Waals surface area contributed by atoms with Crippen molar-refractivity contribution in [2.75, 3.05) is 0 Å². The van der Waals surface area contributed by atoms with Gasteiger partial charge < -0.3 is 15.3 Å². The highest BCUT2D eigenvalue weighted by Gasteiger charge is 2.28. The fourth-order valence-corrected chi connectivity index (χ4v) is 2.58. The SMILES string of the molecule is CCc1cc(C(O)(O)O)c(CC)c(CC)c1Cl. The van der Waals surface area contributed by atoms with E-state index < -0.39 is 5.97 Å². The highest BCUT2D eigenvalue weighted by molar-refractivity contribution is 6.32. The Balaban J connectivity index is 3.59. The molecule has 0 bridgehead atoms. The maximum Gasteiger partial charge on any atom is 0.304 e. The van der Waals surface area contributed by atoms with Crippen LogP contribution >= 0.6 is 11.6 Å². The third kappa shape index (κ3) is 2.80. The van der Waals surface area contributed by atoms with Gasteiger partial charge in [-0.25, -0.2) is 0 Å². The second-order valence-electron chi connectivity index (χ2n) is 4.05. The van der Waals surface area contributed by atoms with Gasteiger partial charge >= 0.3 is 5.97 Å². The molecule has 3 nitrogen and oxygen atoms in total. The van der Waals surface area contributed by atoms with Crippen LogP contribution < -0.4 is 0 Å². The van der Waals surface area contributed by atoms with Gasteiger partial charge in [-0.2, -0.15) is 0 Å². The number of aryl methyl sites for hydroxylation is 1. The second kappa shape index (κ2) is 5.36. The molecule has 0 unspecified atom stereocenters. The van der Waals surface area contributed by atoms with Crippen LogP contribution in [0.5, 0.6) is 0 Å². The topological polar surface area (TPSA) is 60.7 Å². The lowest BCUT2D eigenvalue weighted by Crippen LogP contribution is -2.26. The molecule has 0 aliphatic heterocycles. The Hall–Kier alpha value is -0.610. The van der Waals surface area contributed by atoms with Crippen LogP contribution in [-0.4, -0.2) is 15.3 Å². The van der Waals surface area contributed by atoms with E-state index in [0.29, 0.717) is 29.8 Å². The zero-order valence-electron chi connectivity index (χ0n) is 10.4. The summed E-state index contributed by atoms with van der Waals surface area (Å²) in [5.41, 5.74) is 2.54. The first-order chi connectivity index (χ1) is 7.86. The summed E-state index contributed by atoms with van der Waals surface area (Å²) in [6.45, 7) is 5.78. The maximum absolute atomic E-state index is 9.40. The van der Waals surface area contributed by atoms with Crippen LogP contribution in [0.2, 0.25) is 5.02 Å². The molecule has 17 heavy (non-hydrogen) atoms. The van der Waals surface area contributed by atoms with Crippen LogP contribution in [0.25, 0.3) is 0 Å². The summed E-state index contributed by atoms with van der Waals surface area (Å²) in [4.78, 5) is 0. The van der Waals surface area contributed by atoms with E-state index in [1.165, 1.54) is 0 Å². The average molecular weight is 259 g/mol. The van der Waals surface area contributed by atoms with Crippen LogP contribution in [0, 0.1) is 0 Å². The molecule has 1 rings (SSSR count). The lowest BCUT2D eigenvalue weighted by Gasteiger charge is -2.23. The van der Waals surface area contributed by atoms with Gasteiger partial charge in [0.25, 0.3) is 0 Å². The fraction of sp³-hybridized carbons (Fsp3) is 0.538. The van der Waals surface area contributed by atoms with Crippen molar-refractivity contribution >= 4 is 11.6 Å². The molecule has 0 aliphatic rings. The Bertz CT molecular complexity index is 408. The van der Waals surface area contributed by atoms with Crippen molar-refractivity contribution in [1.29, 1.82) is 0 Å². The van der Waals surface area contributed by atoms with Gasteiger partial charge in [0, 0.05) is 10.6 Å². The first-order valence-corrected chi connectivity index (χ1v) is 6.25. The summed E-state index contributed by atoms with van der Waals surface area (Å²) in [5.74, 6) is -2.80. The Kier molecular flexibility index (Phi) is 4.55. The number of halogens is 1. The summed E-state index contributed by atoms with van der Waals surface area (Å²) in [7, 11) is 0. The molecular weight excluding hydrogens is 240 g/mol. The third-order valence-electron chi connectivity index (χ3n) is 3.00. The largest absolute Gasteiger partial charge is 0.340 e. The van der Waals surface area contributed by atoms with Crippen molar-refractivity contribution in [2.45, 2.75) is 46.0 Å². The van der Waals surface area contributed by atoms with E-state index >= 15 is 0 Å². The van der Waals surface area contributed by atoms with E-state index in [1.807, 2.05) is 20.8 Å². The van der Waals surface area contributed by atoms with Gasteiger partial charge in [-0.05, 0) is 42.0 Å². The molecule has 0 spiro atoms. The van der Waals surface area contributed by atoms with Crippen molar-refractivity contribution in [1.82, 2.24) is 0 Å². The number of rotatable bonds is 4. The van der Waals surface area contributed by atoms with Crippen LogP contribution in [0.1, 0.15) is 43.0 Å². The van der Waals surface area contributed by atoms with Gasteiger partial charge in [-0.1, -0.05) is 32.4 Å². The summed E-state index contributed by atoms with van der Waals surface area (Å²) >= 11 is 6.27. The van der Waals surface area contributed by atoms with Gasteiger partial charge in [0.15, 0.2) is 0 Å². The Morgan fingerprint density at radius 3 is 1.88 bits per heavy atom. The Morgan fingerprint density at radius 1 is 1.00 bits per heavy atom. The van der Waals surface area contributed by atoms with Crippen LogP contribution in [0.4, 0.5) is 0 Å². The van der Waals surface area contributed by atoms with E-state index in [9.17, 15) is 15.3 Å². The van der Waals surface area contributed by atoms with Gasteiger partial charge in [0.05, 0.1) is 0 Å². The molecule has 0 aliphatic carbocycles. The molecular formula is C13H19ClO3. The van der Waals surface area contributed by atoms with Crippen molar-refractivity contribution < 1.29 is 15.3 Å². The standard InChI is InChI=1S/C13H19ClO3/c1-4-8-7-11(13(15,16)17)9(5-2)10(6-3)12(8)14/h7,15-17H,4-6H2,1-3H3. The van der Waals surface area contributed by atoms with Crippen LogP contribution in [0.15, 0.2) is 6.07 Å². The molecule has 1 aromatic carbocycles. The lowest BCUT2D eigenvalue weighted by atomic mass is 9.92. The molecule has 0 fully saturated rings. The minimum Gasteiger partial charge on any atom is -0.340 e. The summed E-state index contributed by atoms with van der Waals surface area (Å²) in [6, 6.07) is 1.57. The number of hydrogen-bond acceptors (Lipinski definition) is 3. The van der Waals surface area contributed by atoms with Crippen molar-refractivity contribution in [3.05, 3.63) is 33.3 Å². The highest BCUT2D eigenvalue weighted by Crippen LogP contribution is 2.33. The van der Waals surface area contributed by atoms with Gasteiger partial charge in [-0.3, -0.25) is 0 Å². The molecule has 0 radical (unpaired) electrons. The first kappa shape index (κ1) is 14.5. The molecule has 96 valence electrons. The monoisotopic (exact) mass is 258 g/mol. The molecule has 0 atom stereocenters. The predicted molar refractivity (Wildman–Crippen MR) is 67.9 cm³/mol. The van der Waals surface area contributed by atoms with E-state index in [0.717, 1.165) is 11.1 Å². The average Bonchev–Trinajstić information content (AvgIpc) is 2.26. The van der Waals surface area contributed by atoms with Crippen molar-refractivity contribution in [2.24, 2.45) is 0 Å². The van der Waals surface area contributed by atoms with E-state index in [4.69, 9.17) is 11.6 Å². The van der Waals surface area contributed by atoms with E-state index in [2.05, 4.69) is 0 Å². The maximum atomic E-state index is 9.40. The van der Waals surface area contributed by atoms with Crippen LogP contribution in [0.3, 0.4) is 0 Å². The molecule has 1 aromatic rings. The smallest absolute Gasteiger partial charge is 0.304 e. The molecule has 0 saturated carbocycles. The van der Waals surface area contributed by atoms with Crippen molar-refractivity contribution in [3.8, 4) is 0 Å². The molecule has 0 amide bonds. The minimum absolute atomic E-state index is 0.137. The van der Waals surface area contributed by atoms with E-state index in [-0.39, 0.29) is 5.56 Å². The van der Waals surface area contributed by atoms with Crippen molar-refractivity contribution in [3.63, 3.8) is 0 Å². The molecule has 3 N–H and O–H groups in total. The van der Waals surface area contributed by atoms with Gasteiger partial charge in [0.2, 0.25) is 0 Å². The quantitative estimate of drug-likeness (QED) is 0.725. The molecule has 4 heteroatoms. The van der Waals surface area contributed by atoms with Gasteiger partial charge in [0.1, 0.15) is 0 Å². The normalized spacial score (nSPS) is 11.9. The number of benzene rings is 1. The first-order valence-electron chi connectivity index (χ1n) is 5.87. The van der Waals surface area contributed by atoms with Crippen LogP contribution in [-0.2, 0) is 25.2 Å². The zero-order chi connectivity index (χ0) is 13.2. The molecule has 0 saturated heterocycles. The molecule has 0 aromatic heterocycles. The minimum atomic E-state index is -2.80. The second-order valence-corrected chi connectivity index (χ2v) is 4.43. The summed E-state index contributed by atoms with van der Waals surface area (Å²) < 4.78 is 0.